The number of hydrogen-bond donors (Lipinski definition) is 0. The van der Waals surface area contributed by atoms with E-state index in [1.165, 1.54) is 0 Å². The van der Waals surface area contributed by atoms with Crippen LogP contribution in [0, 0.1) is 0 Å². The molecule has 3 aromatic rings. The second-order valence-corrected chi connectivity index (χ2v) is 5.36. The summed E-state index contributed by atoms with van der Waals surface area (Å²) >= 11 is 0. The Morgan fingerprint density at radius 2 is 0.917 bits per heavy atom. The fourth-order valence-corrected chi connectivity index (χ4v) is 2.51. The van der Waals surface area contributed by atoms with Crippen LogP contribution in [0.4, 0.5) is 0 Å². The van der Waals surface area contributed by atoms with Crippen LogP contribution >= 0.6 is 0 Å². The van der Waals surface area contributed by atoms with Crippen LogP contribution in [0.1, 0.15) is 15.9 Å². The van der Waals surface area contributed by atoms with Gasteiger partial charge in [0.15, 0.2) is 5.78 Å². The fourth-order valence-electron chi connectivity index (χ4n) is 2.51. The van der Waals surface area contributed by atoms with E-state index in [-0.39, 0.29) is 5.78 Å². The first-order valence-electron chi connectivity index (χ1n) is 7.64. The maximum Gasteiger partial charge on any atom is 0.193 e. The van der Waals surface area contributed by atoms with E-state index in [1.54, 1.807) is 38.5 Å². The summed E-state index contributed by atoms with van der Waals surface area (Å²) in [5.41, 5.74) is 3.45. The summed E-state index contributed by atoms with van der Waals surface area (Å²) in [5, 5.41) is 0. The van der Waals surface area contributed by atoms with Crippen LogP contribution in [-0.4, -0.2) is 20.0 Å². The zero-order valence-corrected chi connectivity index (χ0v) is 13.7. The molecule has 0 aliphatic heterocycles. The van der Waals surface area contributed by atoms with Crippen LogP contribution in [0.3, 0.4) is 0 Å². The molecular weight excluding hydrogens is 300 g/mol. The van der Waals surface area contributed by atoms with Crippen LogP contribution in [0.5, 0.6) is 11.5 Å². The molecule has 0 bridgehead atoms. The first-order valence-corrected chi connectivity index (χ1v) is 7.64. The van der Waals surface area contributed by atoms with Crippen molar-refractivity contribution < 1.29 is 14.3 Å². The van der Waals surface area contributed by atoms with Crippen LogP contribution in [0.2, 0.25) is 0 Å². The summed E-state index contributed by atoms with van der Waals surface area (Å²) < 4.78 is 10.3. The van der Waals surface area contributed by atoms with E-state index < -0.39 is 0 Å². The minimum Gasteiger partial charge on any atom is -0.497 e. The van der Waals surface area contributed by atoms with E-state index >= 15 is 0 Å². The molecule has 0 radical (unpaired) electrons. The molecule has 3 nitrogen and oxygen atoms in total. The molecule has 0 saturated heterocycles. The predicted octanol–water partition coefficient (Wildman–Crippen LogP) is 4.60. The Morgan fingerprint density at radius 3 is 1.33 bits per heavy atom. The van der Waals surface area contributed by atoms with Gasteiger partial charge in [0.05, 0.1) is 14.2 Å². The van der Waals surface area contributed by atoms with Crippen molar-refractivity contribution in [3.05, 3.63) is 83.9 Å². The van der Waals surface area contributed by atoms with Crippen molar-refractivity contribution in [2.45, 2.75) is 0 Å². The minimum atomic E-state index is -0.000987. The van der Waals surface area contributed by atoms with Gasteiger partial charge in [-0.1, -0.05) is 36.4 Å². The summed E-state index contributed by atoms with van der Waals surface area (Å²) in [7, 11) is 3.25. The Bertz CT molecular complexity index is 816. The lowest BCUT2D eigenvalue weighted by molar-refractivity contribution is 0.103. The third-order valence-electron chi connectivity index (χ3n) is 3.92. The highest BCUT2D eigenvalue weighted by Gasteiger charge is 2.09. The molecule has 0 unspecified atom stereocenters. The third-order valence-corrected chi connectivity index (χ3v) is 3.92. The lowest BCUT2D eigenvalue weighted by atomic mass is 9.99. The molecule has 24 heavy (non-hydrogen) atoms. The summed E-state index contributed by atoms with van der Waals surface area (Å²) in [6.45, 7) is 0. The van der Waals surface area contributed by atoms with Crippen molar-refractivity contribution in [2.24, 2.45) is 0 Å². The molecule has 0 amide bonds. The van der Waals surface area contributed by atoms with Crippen molar-refractivity contribution in [2.75, 3.05) is 14.2 Å². The van der Waals surface area contributed by atoms with Crippen molar-refractivity contribution in [1.82, 2.24) is 0 Å². The van der Waals surface area contributed by atoms with Gasteiger partial charge in [-0.25, -0.2) is 0 Å². The summed E-state index contributed by atoms with van der Waals surface area (Å²) in [6, 6.07) is 22.6. The number of ketones is 1. The summed E-state index contributed by atoms with van der Waals surface area (Å²) in [5.74, 6) is 1.56. The van der Waals surface area contributed by atoms with Gasteiger partial charge in [-0.2, -0.15) is 0 Å². The number of carbonyl (C=O) groups is 1. The number of carbonyl (C=O) groups excluding carboxylic acids is 1. The maximum atomic E-state index is 12.5. The molecule has 0 aliphatic carbocycles. The number of hydrogen-bond acceptors (Lipinski definition) is 3. The fraction of sp³-hybridized carbons (Fsp3) is 0.0952. The molecule has 0 saturated carbocycles. The van der Waals surface area contributed by atoms with E-state index in [0.29, 0.717) is 11.1 Å². The highest BCUT2D eigenvalue weighted by Crippen LogP contribution is 2.23. The Labute approximate surface area is 141 Å². The normalized spacial score (nSPS) is 10.2. The van der Waals surface area contributed by atoms with Gasteiger partial charge in [-0.3, -0.25) is 4.79 Å². The predicted molar refractivity (Wildman–Crippen MR) is 94.9 cm³/mol. The Morgan fingerprint density at radius 1 is 0.583 bits per heavy atom. The highest BCUT2D eigenvalue weighted by molar-refractivity contribution is 6.09. The molecule has 0 N–H and O–H groups in total. The molecule has 3 heteroatoms. The van der Waals surface area contributed by atoms with Gasteiger partial charge in [0, 0.05) is 11.1 Å². The first-order chi connectivity index (χ1) is 11.7. The monoisotopic (exact) mass is 318 g/mol. The van der Waals surface area contributed by atoms with Crippen molar-refractivity contribution in [3.63, 3.8) is 0 Å². The Balaban J connectivity index is 1.81. The molecule has 120 valence electrons. The first kappa shape index (κ1) is 15.8. The van der Waals surface area contributed by atoms with E-state index in [0.717, 1.165) is 22.6 Å². The minimum absolute atomic E-state index is 0.000987. The second kappa shape index (κ2) is 7.01. The lowest BCUT2D eigenvalue weighted by Crippen LogP contribution is -2.01. The van der Waals surface area contributed by atoms with Crippen molar-refractivity contribution >= 4 is 5.78 Å². The van der Waals surface area contributed by atoms with Gasteiger partial charge >= 0.3 is 0 Å². The molecular formula is C21H18O3. The van der Waals surface area contributed by atoms with E-state index in [4.69, 9.17) is 9.47 Å². The molecule has 0 heterocycles. The molecule has 0 atom stereocenters. The van der Waals surface area contributed by atoms with Gasteiger partial charge in [0.1, 0.15) is 11.5 Å². The molecule has 3 rings (SSSR count). The average Bonchev–Trinajstić information content (AvgIpc) is 2.68. The second-order valence-electron chi connectivity index (χ2n) is 5.36. The van der Waals surface area contributed by atoms with Crippen molar-refractivity contribution in [3.8, 4) is 22.6 Å². The van der Waals surface area contributed by atoms with Crippen molar-refractivity contribution in [1.29, 1.82) is 0 Å². The average molecular weight is 318 g/mol. The van der Waals surface area contributed by atoms with E-state index in [2.05, 4.69) is 0 Å². The maximum absolute atomic E-state index is 12.5. The SMILES string of the molecule is COc1ccc(C(=O)c2ccc(-c3ccc(OC)cc3)cc2)cc1. The third kappa shape index (κ3) is 3.30. The van der Waals surface area contributed by atoms with E-state index in [1.807, 2.05) is 48.5 Å². The zero-order valence-electron chi connectivity index (χ0n) is 13.7. The van der Waals surface area contributed by atoms with Crippen LogP contribution < -0.4 is 9.47 Å². The van der Waals surface area contributed by atoms with Gasteiger partial charge in [0.2, 0.25) is 0 Å². The van der Waals surface area contributed by atoms with Gasteiger partial charge < -0.3 is 9.47 Å². The molecule has 0 fully saturated rings. The van der Waals surface area contributed by atoms with Crippen LogP contribution in [0.25, 0.3) is 11.1 Å². The summed E-state index contributed by atoms with van der Waals surface area (Å²) in [6.07, 6.45) is 0. The van der Waals surface area contributed by atoms with Gasteiger partial charge in [-0.05, 0) is 47.5 Å². The summed E-state index contributed by atoms with van der Waals surface area (Å²) in [4.78, 5) is 12.5. The quantitative estimate of drug-likeness (QED) is 0.645. The van der Waals surface area contributed by atoms with E-state index in [9.17, 15) is 4.79 Å². The van der Waals surface area contributed by atoms with Gasteiger partial charge in [0.25, 0.3) is 0 Å². The number of methoxy groups -OCH3 is 2. The molecule has 0 aliphatic rings. The number of benzene rings is 3. The van der Waals surface area contributed by atoms with Gasteiger partial charge in [-0.15, -0.1) is 0 Å². The molecule has 0 aromatic heterocycles. The van der Waals surface area contributed by atoms with Crippen LogP contribution in [-0.2, 0) is 0 Å². The Hall–Kier alpha value is -3.07. The lowest BCUT2D eigenvalue weighted by Gasteiger charge is -2.06. The Kier molecular flexibility index (Phi) is 4.62. The topological polar surface area (TPSA) is 35.5 Å². The number of rotatable bonds is 5. The molecule has 3 aromatic carbocycles. The highest BCUT2D eigenvalue weighted by atomic mass is 16.5. The number of ether oxygens (including phenoxy) is 2. The van der Waals surface area contributed by atoms with Crippen LogP contribution in [0.15, 0.2) is 72.8 Å². The smallest absolute Gasteiger partial charge is 0.193 e. The molecule has 0 spiro atoms. The zero-order chi connectivity index (χ0) is 16.9. The largest absolute Gasteiger partial charge is 0.497 e. The standard InChI is InChI=1S/C21H18O3/c1-23-19-11-7-16(8-12-19)15-3-5-17(6-4-15)21(22)18-9-13-20(24-2)14-10-18/h3-14H,1-2H3.